The Labute approximate surface area is 110 Å². The van der Waals surface area contributed by atoms with E-state index in [1.54, 1.807) is 0 Å². The average Bonchev–Trinajstić information content (AvgIpc) is 2.29. The molecule has 0 aliphatic carbocycles. The summed E-state index contributed by atoms with van der Waals surface area (Å²) < 4.78 is 1.05. The van der Waals surface area contributed by atoms with Gasteiger partial charge in [0.1, 0.15) is 0 Å². The Bertz CT molecular complexity index is 393. The Morgan fingerprint density at radius 1 is 1.47 bits per heavy atom. The van der Waals surface area contributed by atoms with E-state index in [4.69, 9.17) is 0 Å². The maximum atomic E-state index is 11.6. The lowest BCUT2D eigenvalue weighted by molar-refractivity contribution is -0.121. The van der Waals surface area contributed by atoms with Crippen LogP contribution in [0.4, 0.5) is 5.69 Å². The van der Waals surface area contributed by atoms with Gasteiger partial charge < -0.3 is 15.5 Å². The van der Waals surface area contributed by atoms with Crippen molar-refractivity contribution in [2.45, 2.75) is 6.04 Å². The van der Waals surface area contributed by atoms with Crippen LogP contribution in [0.5, 0.6) is 0 Å². The summed E-state index contributed by atoms with van der Waals surface area (Å²) in [6, 6.07) is 8.21. The molecule has 1 unspecified atom stereocenters. The van der Waals surface area contributed by atoms with Gasteiger partial charge in [0, 0.05) is 23.2 Å². The number of nitrogens with zero attached hydrogens (tertiary/aromatic N) is 1. The minimum absolute atomic E-state index is 0.0828. The Morgan fingerprint density at radius 2 is 2.18 bits per heavy atom. The van der Waals surface area contributed by atoms with Crippen molar-refractivity contribution < 1.29 is 4.79 Å². The molecule has 0 radical (unpaired) electrons. The maximum absolute atomic E-state index is 11.6. The highest BCUT2D eigenvalue weighted by molar-refractivity contribution is 9.10. The number of likely N-dealkylation sites (N-methyl/N-ethyl adjacent to an activating group) is 1. The van der Waals surface area contributed by atoms with Crippen LogP contribution in [-0.2, 0) is 4.79 Å². The molecule has 1 aliphatic rings. The van der Waals surface area contributed by atoms with Crippen molar-refractivity contribution in [1.29, 1.82) is 0 Å². The number of piperazine rings is 1. The normalized spacial score (nSPS) is 20.2. The molecule has 2 N–H and O–H groups in total. The van der Waals surface area contributed by atoms with Crippen molar-refractivity contribution in [1.82, 2.24) is 10.6 Å². The maximum Gasteiger partial charge on any atom is 0.239 e. The molecule has 1 saturated heterocycles. The highest BCUT2D eigenvalue weighted by atomic mass is 79.9. The second kappa shape index (κ2) is 5.51. The van der Waals surface area contributed by atoms with Crippen molar-refractivity contribution in [2.24, 2.45) is 0 Å². The second-order valence-electron chi connectivity index (χ2n) is 4.18. The van der Waals surface area contributed by atoms with Crippen LogP contribution < -0.4 is 15.5 Å². The van der Waals surface area contributed by atoms with Crippen LogP contribution in [0.2, 0.25) is 0 Å². The quantitative estimate of drug-likeness (QED) is 0.874. The first-order chi connectivity index (χ1) is 8.19. The Kier molecular flexibility index (Phi) is 4.02. The van der Waals surface area contributed by atoms with Crippen LogP contribution >= 0.6 is 15.9 Å². The number of hydrogen-bond acceptors (Lipinski definition) is 3. The third-order valence-corrected chi connectivity index (χ3v) is 3.31. The van der Waals surface area contributed by atoms with Gasteiger partial charge in [0.25, 0.3) is 0 Å². The van der Waals surface area contributed by atoms with Crippen LogP contribution in [0, 0.1) is 0 Å². The summed E-state index contributed by atoms with van der Waals surface area (Å²) in [7, 11) is 1.89. The molecule has 0 bridgehead atoms. The zero-order valence-electron chi connectivity index (χ0n) is 9.74. The summed E-state index contributed by atoms with van der Waals surface area (Å²) in [6.45, 7) is 2.06. The fourth-order valence-electron chi connectivity index (χ4n) is 2.03. The van der Waals surface area contributed by atoms with Crippen molar-refractivity contribution in [3.05, 3.63) is 28.7 Å². The van der Waals surface area contributed by atoms with Gasteiger partial charge in [-0.3, -0.25) is 4.79 Å². The fourth-order valence-corrected chi connectivity index (χ4v) is 2.30. The number of carbonyl (C=O) groups excluding carboxylic acids is 1. The topological polar surface area (TPSA) is 44.4 Å². The number of nitrogens with one attached hydrogen (secondary N) is 2. The van der Waals surface area contributed by atoms with E-state index in [0.29, 0.717) is 6.54 Å². The number of amides is 1. The molecular formula is C12H16BrN3O. The van der Waals surface area contributed by atoms with Gasteiger partial charge in [-0.25, -0.2) is 0 Å². The van der Waals surface area contributed by atoms with Crippen molar-refractivity contribution in [3.63, 3.8) is 0 Å². The van der Waals surface area contributed by atoms with Gasteiger partial charge in [-0.1, -0.05) is 15.9 Å². The lowest BCUT2D eigenvalue weighted by Gasteiger charge is -2.34. The van der Waals surface area contributed by atoms with Gasteiger partial charge in [-0.15, -0.1) is 0 Å². The van der Waals surface area contributed by atoms with Gasteiger partial charge in [0.05, 0.1) is 12.6 Å². The minimum Gasteiger partial charge on any atom is -0.360 e. The minimum atomic E-state index is 0.0828. The summed E-state index contributed by atoms with van der Waals surface area (Å²) in [6.07, 6.45) is 0. The molecule has 0 saturated carbocycles. The number of carbonyl (C=O) groups is 1. The lowest BCUT2D eigenvalue weighted by atomic mass is 10.1. The fraction of sp³-hybridized carbons (Fsp3) is 0.417. The largest absolute Gasteiger partial charge is 0.360 e. The van der Waals surface area contributed by atoms with E-state index in [2.05, 4.69) is 31.5 Å². The molecule has 1 fully saturated rings. The highest BCUT2D eigenvalue weighted by Gasteiger charge is 2.23. The summed E-state index contributed by atoms with van der Waals surface area (Å²) in [5.74, 6) is 0.0828. The Morgan fingerprint density at radius 3 is 2.82 bits per heavy atom. The molecule has 5 heteroatoms. The number of hydrogen-bond donors (Lipinski definition) is 2. The molecule has 1 aliphatic heterocycles. The summed E-state index contributed by atoms with van der Waals surface area (Å²) in [4.78, 5) is 13.7. The first-order valence-electron chi connectivity index (χ1n) is 5.63. The van der Waals surface area contributed by atoms with Gasteiger partial charge in [-0.2, -0.15) is 0 Å². The standard InChI is InChI=1S/C12H16BrN3O/c1-14-6-10-7-16(8-12(17)15-10)11-4-2-9(13)3-5-11/h2-5,10,14H,6-8H2,1H3,(H,15,17). The highest BCUT2D eigenvalue weighted by Crippen LogP contribution is 2.19. The third kappa shape index (κ3) is 3.20. The predicted molar refractivity (Wildman–Crippen MR) is 72.2 cm³/mol. The molecule has 1 aromatic rings. The van der Waals surface area contributed by atoms with Gasteiger partial charge in [0.15, 0.2) is 0 Å². The van der Waals surface area contributed by atoms with E-state index < -0.39 is 0 Å². The summed E-state index contributed by atoms with van der Waals surface area (Å²) in [5.41, 5.74) is 1.09. The molecule has 1 heterocycles. The zero-order valence-corrected chi connectivity index (χ0v) is 11.3. The van der Waals surface area contributed by atoms with Gasteiger partial charge in [0.2, 0.25) is 5.91 Å². The number of rotatable bonds is 3. The van der Waals surface area contributed by atoms with Crippen LogP contribution in [-0.4, -0.2) is 38.6 Å². The molecule has 1 amide bonds. The average molecular weight is 298 g/mol. The first kappa shape index (κ1) is 12.4. The van der Waals surface area contributed by atoms with Crippen LogP contribution in [0.3, 0.4) is 0 Å². The molecule has 0 aromatic heterocycles. The smallest absolute Gasteiger partial charge is 0.239 e. The molecule has 17 heavy (non-hydrogen) atoms. The van der Waals surface area contributed by atoms with Gasteiger partial charge >= 0.3 is 0 Å². The molecule has 1 atom stereocenters. The summed E-state index contributed by atoms with van der Waals surface area (Å²) in [5, 5.41) is 6.07. The van der Waals surface area contributed by atoms with Crippen molar-refractivity contribution in [2.75, 3.05) is 31.6 Å². The zero-order chi connectivity index (χ0) is 12.3. The molecule has 1 aromatic carbocycles. The van der Waals surface area contributed by atoms with E-state index >= 15 is 0 Å². The van der Waals surface area contributed by atoms with E-state index in [1.807, 2.05) is 31.3 Å². The van der Waals surface area contributed by atoms with E-state index in [1.165, 1.54) is 0 Å². The van der Waals surface area contributed by atoms with Crippen molar-refractivity contribution >= 4 is 27.5 Å². The van der Waals surface area contributed by atoms with E-state index in [-0.39, 0.29) is 11.9 Å². The van der Waals surface area contributed by atoms with Crippen LogP contribution in [0.25, 0.3) is 0 Å². The van der Waals surface area contributed by atoms with E-state index in [0.717, 1.165) is 23.2 Å². The van der Waals surface area contributed by atoms with Gasteiger partial charge in [-0.05, 0) is 31.3 Å². The Hall–Kier alpha value is -1.07. The molecule has 92 valence electrons. The number of benzene rings is 1. The second-order valence-corrected chi connectivity index (χ2v) is 5.09. The monoisotopic (exact) mass is 297 g/mol. The molecule has 4 nitrogen and oxygen atoms in total. The summed E-state index contributed by atoms with van der Waals surface area (Å²) >= 11 is 3.41. The molecular weight excluding hydrogens is 282 g/mol. The molecule has 0 spiro atoms. The number of anilines is 1. The van der Waals surface area contributed by atoms with Crippen molar-refractivity contribution in [3.8, 4) is 0 Å². The third-order valence-electron chi connectivity index (χ3n) is 2.78. The first-order valence-corrected chi connectivity index (χ1v) is 6.43. The SMILES string of the molecule is CNCC1CN(c2ccc(Br)cc2)CC(=O)N1. The van der Waals surface area contributed by atoms with E-state index in [9.17, 15) is 4.79 Å². The Balaban J connectivity index is 2.09. The predicted octanol–water partition coefficient (Wildman–Crippen LogP) is 0.973. The molecule has 2 rings (SSSR count). The van der Waals surface area contributed by atoms with Crippen LogP contribution in [0.15, 0.2) is 28.7 Å². The van der Waals surface area contributed by atoms with Crippen LogP contribution in [0.1, 0.15) is 0 Å². The lowest BCUT2D eigenvalue weighted by Crippen LogP contribution is -2.57. The number of halogens is 1.